The number of ether oxygens (including phenoxy) is 2. The van der Waals surface area contributed by atoms with Gasteiger partial charge in [0.15, 0.2) is 0 Å². The normalized spacial score (nSPS) is 15.5. The summed E-state index contributed by atoms with van der Waals surface area (Å²) in [6.45, 7) is 0.855. The third-order valence-electron chi connectivity index (χ3n) is 5.29. The van der Waals surface area contributed by atoms with Crippen molar-refractivity contribution in [2.45, 2.75) is 25.0 Å². The van der Waals surface area contributed by atoms with E-state index in [0.717, 1.165) is 23.9 Å². The monoisotopic (exact) mass is 381 g/mol. The second-order valence-electron chi connectivity index (χ2n) is 6.87. The standard InChI is InChI=1S/C19H19N5O4/c1-26-10-9-23-12-5-3-4-6-13(12)24-11-20-14(15(24)17(23)25)16-21-18(28-22-16)19(27-2)7-8-19/h3-6,11H,7-10H2,1-2H3. The van der Waals surface area contributed by atoms with Gasteiger partial charge in [-0.1, -0.05) is 17.3 Å². The molecule has 1 aliphatic rings. The summed E-state index contributed by atoms with van der Waals surface area (Å²) in [6, 6.07) is 7.68. The van der Waals surface area contributed by atoms with Gasteiger partial charge in [0.25, 0.3) is 11.4 Å². The van der Waals surface area contributed by atoms with Crippen LogP contribution in [0, 0.1) is 0 Å². The smallest absolute Gasteiger partial charge is 0.277 e. The molecular formula is C19H19N5O4. The van der Waals surface area contributed by atoms with E-state index in [1.54, 1.807) is 29.5 Å². The van der Waals surface area contributed by atoms with Crippen molar-refractivity contribution in [1.82, 2.24) is 24.1 Å². The summed E-state index contributed by atoms with van der Waals surface area (Å²) in [5, 5.41) is 4.06. The number of methoxy groups -OCH3 is 2. The molecule has 9 nitrogen and oxygen atoms in total. The van der Waals surface area contributed by atoms with E-state index in [0.29, 0.717) is 30.3 Å². The number of rotatable bonds is 6. The van der Waals surface area contributed by atoms with Crippen molar-refractivity contribution in [2.75, 3.05) is 20.8 Å². The average Bonchev–Trinajstić information content (AvgIpc) is 3.14. The number of hydrogen-bond donors (Lipinski definition) is 0. The van der Waals surface area contributed by atoms with Crippen LogP contribution < -0.4 is 5.56 Å². The Hall–Kier alpha value is -3.04. The largest absolute Gasteiger partial charge is 0.383 e. The Morgan fingerprint density at radius 2 is 2.00 bits per heavy atom. The molecule has 4 aromatic rings. The Bertz CT molecular complexity index is 1230. The van der Waals surface area contributed by atoms with Gasteiger partial charge in [-0.2, -0.15) is 4.98 Å². The molecule has 1 saturated carbocycles. The van der Waals surface area contributed by atoms with Crippen LogP contribution in [0.2, 0.25) is 0 Å². The average molecular weight is 381 g/mol. The highest BCUT2D eigenvalue weighted by Gasteiger charge is 2.50. The summed E-state index contributed by atoms with van der Waals surface area (Å²) < 4.78 is 19.6. The van der Waals surface area contributed by atoms with Crippen LogP contribution in [0.5, 0.6) is 0 Å². The Morgan fingerprint density at radius 1 is 1.21 bits per heavy atom. The molecule has 0 bridgehead atoms. The summed E-state index contributed by atoms with van der Waals surface area (Å²) in [5.74, 6) is 0.707. The Labute approximate surface area is 159 Å². The van der Waals surface area contributed by atoms with Crippen molar-refractivity contribution in [1.29, 1.82) is 0 Å². The van der Waals surface area contributed by atoms with E-state index in [-0.39, 0.29) is 11.4 Å². The lowest BCUT2D eigenvalue weighted by atomic mass is 10.2. The molecule has 1 aromatic carbocycles. The Morgan fingerprint density at radius 3 is 2.71 bits per heavy atom. The highest BCUT2D eigenvalue weighted by Crippen LogP contribution is 2.48. The van der Waals surface area contributed by atoms with Crippen LogP contribution in [0.4, 0.5) is 0 Å². The van der Waals surface area contributed by atoms with E-state index in [9.17, 15) is 4.79 Å². The highest BCUT2D eigenvalue weighted by atomic mass is 16.5. The quantitative estimate of drug-likeness (QED) is 0.504. The molecule has 9 heteroatoms. The predicted molar refractivity (Wildman–Crippen MR) is 100 cm³/mol. The molecule has 5 rings (SSSR count). The van der Waals surface area contributed by atoms with E-state index in [4.69, 9.17) is 14.0 Å². The summed E-state index contributed by atoms with van der Waals surface area (Å²) in [6.07, 6.45) is 3.29. The molecular weight excluding hydrogens is 362 g/mol. The van der Waals surface area contributed by atoms with Crippen LogP contribution in [0.15, 0.2) is 39.9 Å². The molecule has 0 unspecified atom stereocenters. The van der Waals surface area contributed by atoms with Crippen LogP contribution in [-0.4, -0.2) is 44.9 Å². The van der Waals surface area contributed by atoms with Crippen molar-refractivity contribution in [3.63, 3.8) is 0 Å². The van der Waals surface area contributed by atoms with Gasteiger partial charge in [0, 0.05) is 20.8 Å². The summed E-state index contributed by atoms with van der Waals surface area (Å²) in [4.78, 5) is 22.2. The molecule has 0 N–H and O–H groups in total. The first-order chi connectivity index (χ1) is 13.7. The van der Waals surface area contributed by atoms with Gasteiger partial charge in [-0.3, -0.25) is 9.20 Å². The van der Waals surface area contributed by atoms with Crippen molar-refractivity contribution in [3.8, 4) is 11.5 Å². The predicted octanol–water partition coefficient (Wildman–Crippen LogP) is 1.98. The molecule has 0 saturated heterocycles. The molecule has 1 fully saturated rings. The van der Waals surface area contributed by atoms with Crippen LogP contribution in [0.3, 0.4) is 0 Å². The molecule has 0 aliphatic heterocycles. The number of para-hydroxylation sites is 2. The second-order valence-corrected chi connectivity index (χ2v) is 6.87. The van der Waals surface area contributed by atoms with Gasteiger partial charge in [0.2, 0.25) is 5.82 Å². The maximum absolute atomic E-state index is 13.3. The molecule has 0 spiro atoms. The second kappa shape index (κ2) is 6.25. The first-order valence-electron chi connectivity index (χ1n) is 9.06. The van der Waals surface area contributed by atoms with Gasteiger partial charge in [-0.15, -0.1) is 0 Å². The minimum absolute atomic E-state index is 0.178. The van der Waals surface area contributed by atoms with E-state index in [1.165, 1.54) is 0 Å². The summed E-state index contributed by atoms with van der Waals surface area (Å²) in [5.41, 5.74) is 1.81. The lowest BCUT2D eigenvalue weighted by Crippen LogP contribution is -2.25. The van der Waals surface area contributed by atoms with Crippen LogP contribution in [-0.2, 0) is 21.6 Å². The molecule has 28 heavy (non-hydrogen) atoms. The molecule has 144 valence electrons. The number of hydrogen-bond acceptors (Lipinski definition) is 7. The molecule has 0 amide bonds. The molecule has 3 heterocycles. The minimum atomic E-state index is -0.494. The number of imidazole rings is 1. The minimum Gasteiger partial charge on any atom is -0.383 e. The molecule has 1 aliphatic carbocycles. The van der Waals surface area contributed by atoms with E-state index < -0.39 is 5.60 Å². The Balaban J connectivity index is 1.73. The zero-order valence-corrected chi connectivity index (χ0v) is 15.6. The van der Waals surface area contributed by atoms with Gasteiger partial charge in [0.1, 0.15) is 23.1 Å². The fourth-order valence-electron chi connectivity index (χ4n) is 3.56. The SMILES string of the molecule is COCCn1c(=O)c2c(-c3noc(C4(OC)CC4)n3)ncn2c2ccccc21. The lowest BCUT2D eigenvalue weighted by molar-refractivity contribution is 0.0492. The number of aromatic nitrogens is 5. The number of nitrogens with zero attached hydrogens (tertiary/aromatic N) is 5. The number of benzene rings is 1. The lowest BCUT2D eigenvalue weighted by Gasteiger charge is -2.11. The maximum Gasteiger partial charge on any atom is 0.277 e. The third kappa shape index (κ3) is 2.40. The summed E-state index contributed by atoms with van der Waals surface area (Å²) in [7, 11) is 3.24. The maximum atomic E-state index is 13.3. The first-order valence-corrected chi connectivity index (χ1v) is 9.06. The van der Waals surface area contributed by atoms with Crippen LogP contribution in [0.25, 0.3) is 28.1 Å². The Kier molecular flexibility index (Phi) is 3.81. The molecule has 0 atom stereocenters. The zero-order valence-electron chi connectivity index (χ0n) is 15.6. The fourth-order valence-corrected chi connectivity index (χ4v) is 3.56. The van der Waals surface area contributed by atoms with Crippen molar-refractivity contribution < 1.29 is 14.0 Å². The fraction of sp³-hybridized carbons (Fsp3) is 0.368. The van der Waals surface area contributed by atoms with E-state index in [2.05, 4.69) is 15.1 Å². The summed E-state index contributed by atoms with van der Waals surface area (Å²) >= 11 is 0. The topological polar surface area (TPSA) is 96.7 Å². The van der Waals surface area contributed by atoms with E-state index >= 15 is 0 Å². The first kappa shape index (κ1) is 17.1. The van der Waals surface area contributed by atoms with Crippen molar-refractivity contribution >= 4 is 16.6 Å². The van der Waals surface area contributed by atoms with Gasteiger partial charge in [0.05, 0.1) is 17.6 Å². The van der Waals surface area contributed by atoms with Gasteiger partial charge in [-0.05, 0) is 25.0 Å². The van der Waals surface area contributed by atoms with Gasteiger partial charge in [-0.25, -0.2) is 4.98 Å². The van der Waals surface area contributed by atoms with Gasteiger partial charge < -0.3 is 18.6 Å². The van der Waals surface area contributed by atoms with Crippen molar-refractivity contribution in [2.24, 2.45) is 0 Å². The third-order valence-corrected chi connectivity index (χ3v) is 5.29. The zero-order chi connectivity index (χ0) is 19.3. The van der Waals surface area contributed by atoms with Crippen LogP contribution in [0.1, 0.15) is 18.7 Å². The molecule has 3 aromatic heterocycles. The van der Waals surface area contributed by atoms with Crippen molar-refractivity contribution in [3.05, 3.63) is 46.8 Å². The van der Waals surface area contributed by atoms with Crippen LogP contribution >= 0.6 is 0 Å². The highest BCUT2D eigenvalue weighted by molar-refractivity contribution is 5.83. The number of fused-ring (bicyclic) bond motifs is 3. The van der Waals surface area contributed by atoms with Gasteiger partial charge >= 0.3 is 0 Å². The molecule has 0 radical (unpaired) electrons. The van der Waals surface area contributed by atoms with E-state index in [1.807, 2.05) is 24.3 Å².